The zero-order valence-electron chi connectivity index (χ0n) is 33.6. The van der Waals surface area contributed by atoms with Crippen molar-refractivity contribution in [3.63, 3.8) is 0 Å². The van der Waals surface area contributed by atoms with E-state index >= 15 is 4.79 Å². The summed E-state index contributed by atoms with van der Waals surface area (Å²) in [5.41, 5.74) is 4.07. The van der Waals surface area contributed by atoms with Crippen LogP contribution in [0.4, 0.5) is 17.1 Å². The third-order valence-corrected chi connectivity index (χ3v) is 16.9. The molecule has 1 N–H and O–H groups in total. The molecule has 11 nitrogen and oxygen atoms in total. The van der Waals surface area contributed by atoms with Crippen LogP contribution in [0.3, 0.4) is 0 Å². The van der Waals surface area contributed by atoms with Crippen molar-refractivity contribution in [2.24, 2.45) is 5.92 Å². The molecule has 12 heteroatoms. The number of fused-ring (bicyclic) bond motifs is 4. The minimum absolute atomic E-state index is 0.00739. The summed E-state index contributed by atoms with van der Waals surface area (Å²) in [5, 5.41) is 19.3. The van der Waals surface area contributed by atoms with Crippen LogP contribution in [0.25, 0.3) is 0 Å². The summed E-state index contributed by atoms with van der Waals surface area (Å²) in [6, 6.07) is 39.1. The first-order valence-electron chi connectivity index (χ1n) is 20.2. The maximum Gasteiger partial charge on any atom is 0.266 e. The average molecular weight is 806 g/mol. The average Bonchev–Trinajstić information content (AvgIpc) is 3.88. The van der Waals surface area contributed by atoms with Crippen molar-refractivity contribution in [3.05, 3.63) is 150 Å². The molecule has 1 saturated heterocycles. The van der Waals surface area contributed by atoms with Crippen LogP contribution in [-0.4, -0.2) is 59.8 Å². The van der Waals surface area contributed by atoms with Crippen molar-refractivity contribution >= 4 is 42.1 Å². The fraction of sp³-hybridized carbons (Fsp3) is 0.277. The molecule has 0 aliphatic carbocycles. The molecule has 3 aliphatic rings. The largest absolute Gasteiger partial charge is 0.497 e. The second-order valence-corrected chi connectivity index (χ2v) is 20.9. The van der Waals surface area contributed by atoms with Gasteiger partial charge in [0.05, 0.1) is 50.5 Å². The molecular formula is C47H47N5O6Si. The van der Waals surface area contributed by atoms with E-state index in [0.29, 0.717) is 54.4 Å². The number of hydrogen-bond donors (Lipinski definition) is 1. The number of nitrogens with zero attached hydrogens (tertiary/aromatic N) is 5. The van der Waals surface area contributed by atoms with E-state index in [2.05, 4.69) is 48.5 Å². The van der Waals surface area contributed by atoms with Crippen LogP contribution < -0.4 is 24.5 Å². The van der Waals surface area contributed by atoms with Crippen molar-refractivity contribution < 1.29 is 28.9 Å². The Bertz CT molecular complexity index is 2520. The van der Waals surface area contributed by atoms with Crippen LogP contribution in [0.15, 0.2) is 128 Å². The molecule has 0 unspecified atom stereocenters. The molecule has 4 atom stereocenters. The number of hydrogen-bond acceptors (Lipinski definition) is 8. The molecule has 0 radical (unpaired) electrons. The van der Waals surface area contributed by atoms with Gasteiger partial charge in [-0.1, -0.05) is 97.1 Å². The first kappa shape index (κ1) is 38.4. The first-order chi connectivity index (χ1) is 28.6. The van der Waals surface area contributed by atoms with Gasteiger partial charge in [0, 0.05) is 42.9 Å². The van der Waals surface area contributed by atoms with Gasteiger partial charge in [0.15, 0.2) is 11.4 Å². The van der Waals surface area contributed by atoms with Crippen LogP contribution in [0.2, 0.25) is 18.6 Å². The van der Waals surface area contributed by atoms with Gasteiger partial charge in [0.2, 0.25) is 0 Å². The first-order valence-corrected chi connectivity index (χ1v) is 23.2. The summed E-state index contributed by atoms with van der Waals surface area (Å²) in [6.07, 6.45) is 2.70. The second-order valence-electron chi connectivity index (χ2n) is 16.2. The summed E-state index contributed by atoms with van der Waals surface area (Å²) >= 11 is 0. The number of aliphatic hydroxyl groups is 1. The summed E-state index contributed by atoms with van der Waals surface area (Å²) in [6.45, 7) is 7.84. The van der Waals surface area contributed by atoms with Crippen molar-refractivity contribution in [2.45, 2.75) is 63.2 Å². The standard InChI is InChI=1S/C47H47N5O6Si/c1-31-44(59(3,4)36-23-21-35(56-2)22-24-36)43(25-27-50-30-33(26-28-53)48-49-50)58-47(31)38-12-6-7-13-39(38)51(46(47)55)29-32-17-19-34(20-18-32)52-40-14-8-10-16-42(40)57-41-15-9-5-11-37(41)45(52)54/h5-24,30-31,43-44,53H,25-29H2,1-4H3/t31-,43+,44-,47+/m0/s1. The zero-order valence-corrected chi connectivity index (χ0v) is 34.6. The van der Waals surface area contributed by atoms with Crippen molar-refractivity contribution in [2.75, 3.05) is 23.5 Å². The monoisotopic (exact) mass is 805 g/mol. The summed E-state index contributed by atoms with van der Waals surface area (Å²) < 4.78 is 20.9. The number of amides is 2. The summed E-state index contributed by atoms with van der Waals surface area (Å²) in [7, 11) is -0.670. The topological polar surface area (TPSA) is 119 Å². The molecule has 4 heterocycles. The number of rotatable bonds is 11. The fourth-order valence-electron chi connectivity index (χ4n) is 9.63. The molecule has 5 aromatic carbocycles. The number of aromatic nitrogens is 3. The Balaban J connectivity index is 1.04. The SMILES string of the molecule is COc1ccc([Si](C)(C)[C@@H]2[C@@H](CCn3cc(CCO)nn3)O[C@]3(C(=O)N(Cc4ccc(N5C(=O)c6ccccc6Oc6ccccc65)cc4)c4ccccc43)[C@H]2C)cc1. The van der Waals surface area contributed by atoms with Gasteiger partial charge >= 0.3 is 0 Å². The van der Waals surface area contributed by atoms with Gasteiger partial charge in [-0.15, -0.1) is 5.10 Å². The van der Waals surface area contributed by atoms with Crippen molar-refractivity contribution in [1.82, 2.24) is 15.0 Å². The Morgan fingerprint density at radius 2 is 1.54 bits per heavy atom. The van der Waals surface area contributed by atoms with Gasteiger partial charge in [0.1, 0.15) is 11.5 Å². The normalized spacial score (nSPS) is 20.9. The highest BCUT2D eigenvalue weighted by molar-refractivity contribution is 6.91. The molecular weight excluding hydrogens is 759 g/mol. The van der Waals surface area contributed by atoms with E-state index in [9.17, 15) is 9.90 Å². The molecule has 0 saturated carbocycles. The van der Waals surface area contributed by atoms with Gasteiger partial charge in [-0.2, -0.15) is 0 Å². The highest BCUT2D eigenvalue weighted by Crippen LogP contribution is 2.60. The van der Waals surface area contributed by atoms with Crippen LogP contribution in [0.5, 0.6) is 17.2 Å². The van der Waals surface area contributed by atoms with Crippen LogP contribution in [0, 0.1) is 5.92 Å². The molecule has 1 fully saturated rings. The third-order valence-electron chi connectivity index (χ3n) is 12.5. The number of methoxy groups -OCH3 is 1. The fourth-order valence-corrected chi connectivity index (χ4v) is 13.7. The summed E-state index contributed by atoms with van der Waals surface area (Å²) in [5.74, 6) is 1.50. The van der Waals surface area contributed by atoms with Gasteiger partial charge in [-0.25, -0.2) is 0 Å². The lowest BCUT2D eigenvalue weighted by Crippen LogP contribution is -2.51. The van der Waals surface area contributed by atoms with Crippen molar-refractivity contribution in [3.8, 4) is 17.2 Å². The van der Waals surface area contributed by atoms with E-state index in [1.807, 2.05) is 113 Å². The molecule has 1 aromatic heterocycles. The smallest absolute Gasteiger partial charge is 0.266 e. The quantitative estimate of drug-likeness (QED) is 0.132. The van der Waals surface area contributed by atoms with E-state index in [1.165, 1.54) is 5.19 Å². The number of anilines is 3. The molecule has 1 spiro atoms. The zero-order chi connectivity index (χ0) is 40.9. The van der Waals surface area contributed by atoms with Crippen molar-refractivity contribution in [1.29, 1.82) is 0 Å². The number of carbonyl (C=O) groups excluding carboxylic acids is 2. The van der Waals surface area contributed by atoms with Crippen LogP contribution in [0.1, 0.15) is 40.5 Å². The maximum absolute atomic E-state index is 15.3. The number of aliphatic hydroxyl groups excluding tert-OH is 1. The Kier molecular flexibility index (Phi) is 9.94. The minimum Gasteiger partial charge on any atom is -0.497 e. The third kappa shape index (κ3) is 6.51. The van der Waals surface area contributed by atoms with E-state index in [1.54, 1.807) is 18.1 Å². The van der Waals surface area contributed by atoms with Gasteiger partial charge in [0.25, 0.3) is 11.8 Å². The highest BCUT2D eigenvalue weighted by atomic mass is 28.3. The maximum atomic E-state index is 15.3. The number of ether oxygens (including phenoxy) is 3. The molecule has 0 bridgehead atoms. The summed E-state index contributed by atoms with van der Waals surface area (Å²) in [4.78, 5) is 33.0. The molecule has 2 amide bonds. The van der Waals surface area contributed by atoms with E-state index in [0.717, 1.165) is 28.3 Å². The van der Waals surface area contributed by atoms with E-state index in [-0.39, 0.29) is 36.0 Å². The number of carbonyl (C=O) groups is 2. The van der Waals surface area contributed by atoms with E-state index in [4.69, 9.17) is 14.2 Å². The Labute approximate surface area is 344 Å². The lowest BCUT2D eigenvalue weighted by atomic mass is 9.82. The Morgan fingerprint density at radius 1 is 0.847 bits per heavy atom. The molecule has 6 aromatic rings. The molecule has 59 heavy (non-hydrogen) atoms. The van der Waals surface area contributed by atoms with Gasteiger partial charge in [-0.3, -0.25) is 19.2 Å². The molecule has 9 rings (SSSR count). The second kappa shape index (κ2) is 15.3. The number of para-hydroxylation sites is 4. The number of aryl methyl sites for hydroxylation is 1. The minimum atomic E-state index is -2.34. The number of benzene rings is 5. The van der Waals surface area contributed by atoms with Crippen LogP contribution >= 0.6 is 0 Å². The molecule has 300 valence electrons. The van der Waals surface area contributed by atoms with Crippen LogP contribution in [-0.2, 0) is 34.6 Å². The lowest BCUT2D eigenvalue weighted by molar-refractivity contribution is -0.146. The highest BCUT2D eigenvalue weighted by Gasteiger charge is 2.66. The predicted molar refractivity (Wildman–Crippen MR) is 229 cm³/mol. The lowest BCUT2D eigenvalue weighted by Gasteiger charge is -2.37. The van der Waals surface area contributed by atoms with Gasteiger partial charge < -0.3 is 24.2 Å². The predicted octanol–water partition coefficient (Wildman–Crippen LogP) is 7.76. The van der Waals surface area contributed by atoms with Gasteiger partial charge in [-0.05, 0) is 72.1 Å². The van der Waals surface area contributed by atoms with E-state index < -0.39 is 13.7 Å². The Morgan fingerprint density at radius 3 is 2.29 bits per heavy atom. The molecule has 3 aliphatic heterocycles. The Hall–Kier alpha value is -6.08.